The molecule has 2 N–H and O–H groups in total. The molecule has 1 fully saturated rings. The minimum atomic E-state index is -0.715. The van der Waals surface area contributed by atoms with E-state index >= 15 is 0 Å². The zero-order valence-electron chi connectivity index (χ0n) is 13.4. The highest BCUT2D eigenvalue weighted by molar-refractivity contribution is 5.70. The van der Waals surface area contributed by atoms with Gasteiger partial charge in [0.25, 0.3) is 0 Å². The predicted octanol–water partition coefficient (Wildman–Crippen LogP) is 2.61. The van der Waals surface area contributed by atoms with Crippen LogP contribution in [0.25, 0.3) is 0 Å². The summed E-state index contributed by atoms with van der Waals surface area (Å²) in [5, 5.41) is 19.8. The van der Waals surface area contributed by atoms with Gasteiger partial charge in [0.2, 0.25) is 0 Å². The van der Waals surface area contributed by atoms with Crippen LogP contribution in [0.2, 0.25) is 0 Å². The van der Waals surface area contributed by atoms with Crippen molar-refractivity contribution in [3.05, 3.63) is 0 Å². The number of aliphatic hydroxyl groups is 1. The summed E-state index contributed by atoms with van der Waals surface area (Å²) in [5.41, 5.74) is -0.699. The Hall–Kier alpha value is -0.610. The molecule has 0 bridgehead atoms. The van der Waals surface area contributed by atoms with Crippen LogP contribution in [-0.4, -0.2) is 46.3 Å². The molecule has 20 heavy (non-hydrogen) atoms. The lowest BCUT2D eigenvalue weighted by Gasteiger charge is -2.39. The van der Waals surface area contributed by atoms with Crippen LogP contribution in [0.3, 0.4) is 0 Å². The van der Waals surface area contributed by atoms with Crippen LogP contribution in [0.1, 0.15) is 53.4 Å². The molecule has 1 aliphatic rings. The van der Waals surface area contributed by atoms with Gasteiger partial charge in [-0.3, -0.25) is 9.69 Å². The quantitative estimate of drug-likeness (QED) is 0.755. The van der Waals surface area contributed by atoms with Gasteiger partial charge in [-0.25, -0.2) is 0 Å². The van der Waals surface area contributed by atoms with Gasteiger partial charge in [-0.2, -0.15) is 0 Å². The maximum Gasteiger partial charge on any atom is 0.306 e. The fraction of sp³-hybridized carbons (Fsp3) is 0.938. The van der Waals surface area contributed by atoms with E-state index in [0.717, 1.165) is 13.1 Å². The minimum absolute atomic E-state index is 0.265. The molecule has 0 aromatic rings. The normalized spacial score (nSPS) is 27.5. The van der Waals surface area contributed by atoms with Crippen LogP contribution in [0.4, 0.5) is 0 Å². The van der Waals surface area contributed by atoms with Crippen molar-refractivity contribution in [2.24, 2.45) is 17.8 Å². The van der Waals surface area contributed by atoms with Crippen molar-refractivity contribution in [1.29, 1.82) is 0 Å². The smallest absolute Gasteiger partial charge is 0.306 e. The second-order valence-electron chi connectivity index (χ2n) is 7.32. The Morgan fingerprint density at radius 2 is 1.60 bits per heavy atom. The molecule has 0 aromatic carbocycles. The van der Waals surface area contributed by atoms with Crippen molar-refractivity contribution in [3.63, 3.8) is 0 Å². The average Bonchev–Trinajstić information content (AvgIpc) is 2.26. The number of carbonyl (C=O) groups is 1. The Balaban J connectivity index is 2.56. The highest BCUT2D eigenvalue weighted by Gasteiger charge is 2.37. The van der Waals surface area contributed by atoms with Crippen molar-refractivity contribution >= 4 is 5.97 Å². The fourth-order valence-corrected chi connectivity index (χ4v) is 3.21. The predicted molar refractivity (Wildman–Crippen MR) is 80.7 cm³/mol. The number of rotatable bonds is 7. The van der Waals surface area contributed by atoms with Gasteiger partial charge in [0, 0.05) is 19.6 Å². The second kappa shape index (κ2) is 7.41. The van der Waals surface area contributed by atoms with Crippen LogP contribution in [0.5, 0.6) is 0 Å². The van der Waals surface area contributed by atoms with Crippen LogP contribution in [-0.2, 0) is 4.79 Å². The van der Waals surface area contributed by atoms with Gasteiger partial charge >= 0.3 is 5.97 Å². The molecule has 0 aliphatic heterocycles. The zero-order valence-corrected chi connectivity index (χ0v) is 13.4. The molecule has 0 radical (unpaired) electrons. The number of hydrogen-bond donors (Lipinski definition) is 2. The van der Waals surface area contributed by atoms with E-state index in [-0.39, 0.29) is 5.92 Å². The molecule has 4 heteroatoms. The third kappa shape index (κ3) is 5.80. The highest BCUT2D eigenvalue weighted by Crippen LogP contribution is 2.33. The van der Waals surface area contributed by atoms with E-state index in [1.165, 1.54) is 0 Å². The lowest BCUT2D eigenvalue weighted by molar-refractivity contribution is -0.145. The van der Waals surface area contributed by atoms with Gasteiger partial charge in [0.15, 0.2) is 0 Å². The maximum absolute atomic E-state index is 11.0. The van der Waals surface area contributed by atoms with Gasteiger partial charge in [-0.05, 0) is 37.5 Å². The van der Waals surface area contributed by atoms with Crippen LogP contribution in [0, 0.1) is 17.8 Å². The first-order valence-corrected chi connectivity index (χ1v) is 7.89. The molecule has 0 unspecified atom stereocenters. The van der Waals surface area contributed by atoms with E-state index in [2.05, 4.69) is 32.6 Å². The molecule has 1 saturated carbocycles. The largest absolute Gasteiger partial charge is 0.481 e. The van der Waals surface area contributed by atoms with Gasteiger partial charge < -0.3 is 10.2 Å². The average molecular weight is 285 g/mol. The number of hydrogen-bond acceptors (Lipinski definition) is 3. The third-order valence-electron chi connectivity index (χ3n) is 4.03. The molecule has 0 saturated heterocycles. The molecule has 0 amide bonds. The Morgan fingerprint density at radius 1 is 1.15 bits per heavy atom. The van der Waals surface area contributed by atoms with Gasteiger partial charge in [-0.1, -0.05) is 27.7 Å². The molecule has 0 heterocycles. The Bertz CT molecular complexity index is 297. The van der Waals surface area contributed by atoms with Crippen molar-refractivity contribution in [2.75, 3.05) is 19.6 Å². The third-order valence-corrected chi connectivity index (χ3v) is 4.03. The lowest BCUT2D eigenvalue weighted by Crippen LogP contribution is -2.48. The molecule has 1 aliphatic carbocycles. The molecular formula is C16H31NO3. The van der Waals surface area contributed by atoms with E-state index in [4.69, 9.17) is 5.11 Å². The summed E-state index contributed by atoms with van der Waals surface area (Å²) in [6.07, 6.45) is 2.42. The minimum Gasteiger partial charge on any atom is -0.481 e. The Kier molecular flexibility index (Phi) is 6.46. The van der Waals surface area contributed by atoms with Gasteiger partial charge in [-0.15, -0.1) is 0 Å². The number of aliphatic carboxylic acids is 1. The number of carboxylic acid groups (broad SMARTS) is 1. The van der Waals surface area contributed by atoms with E-state index in [1.54, 1.807) is 0 Å². The molecule has 0 aromatic heterocycles. The zero-order chi connectivity index (χ0) is 15.3. The standard InChI is InChI=1S/C16H31NO3/c1-12(2)9-17(10-13(3)4)11-16(20)7-5-14(6-8-16)15(18)19/h12-14,20H,5-11H2,1-4H3,(H,18,19). The first-order chi connectivity index (χ1) is 9.22. The van der Waals surface area contributed by atoms with E-state index in [1.807, 2.05) is 0 Å². The summed E-state index contributed by atoms with van der Waals surface area (Å²) in [6.45, 7) is 11.4. The Labute approximate surface area is 123 Å². The van der Waals surface area contributed by atoms with Gasteiger partial charge in [0.05, 0.1) is 11.5 Å². The van der Waals surface area contributed by atoms with Crippen molar-refractivity contribution in [2.45, 2.75) is 59.0 Å². The Morgan fingerprint density at radius 3 is 1.95 bits per heavy atom. The molecule has 0 atom stereocenters. The highest BCUT2D eigenvalue weighted by atomic mass is 16.4. The first kappa shape index (κ1) is 17.4. The molecule has 1 rings (SSSR count). The SMILES string of the molecule is CC(C)CN(CC(C)C)CC1(O)CCC(C(=O)O)CC1. The fourth-order valence-electron chi connectivity index (χ4n) is 3.21. The van der Waals surface area contributed by atoms with E-state index in [9.17, 15) is 9.90 Å². The molecule has 118 valence electrons. The lowest BCUT2D eigenvalue weighted by atomic mass is 9.78. The summed E-state index contributed by atoms with van der Waals surface area (Å²) < 4.78 is 0. The van der Waals surface area contributed by atoms with Crippen molar-refractivity contribution < 1.29 is 15.0 Å². The van der Waals surface area contributed by atoms with Crippen molar-refractivity contribution in [1.82, 2.24) is 4.90 Å². The molecular weight excluding hydrogens is 254 g/mol. The number of carboxylic acids is 1. The van der Waals surface area contributed by atoms with Gasteiger partial charge in [0.1, 0.15) is 0 Å². The first-order valence-electron chi connectivity index (χ1n) is 7.89. The maximum atomic E-state index is 11.0. The van der Waals surface area contributed by atoms with E-state index < -0.39 is 11.6 Å². The summed E-state index contributed by atoms with van der Waals surface area (Å²) in [7, 11) is 0. The van der Waals surface area contributed by atoms with Crippen LogP contribution < -0.4 is 0 Å². The molecule has 4 nitrogen and oxygen atoms in total. The second-order valence-corrected chi connectivity index (χ2v) is 7.32. The summed E-state index contributed by atoms with van der Waals surface area (Å²) in [5.74, 6) is 0.174. The summed E-state index contributed by atoms with van der Waals surface area (Å²) in [6, 6.07) is 0. The topological polar surface area (TPSA) is 60.8 Å². The van der Waals surface area contributed by atoms with Crippen LogP contribution in [0.15, 0.2) is 0 Å². The summed E-state index contributed by atoms with van der Waals surface area (Å²) >= 11 is 0. The van der Waals surface area contributed by atoms with Crippen molar-refractivity contribution in [3.8, 4) is 0 Å². The van der Waals surface area contributed by atoms with Crippen LogP contribution >= 0.6 is 0 Å². The number of nitrogens with zero attached hydrogens (tertiary/aromatic N) is 1. The van der Waals surface area contributed by atoms with E-state index in [0.29, 0.717) is 44.1 Å². The monoisotopic (exact) mass is 285 g/mol. The summed E-state index contributed by atoms with van der Waals surface area (Å²) in [4.78, 5) is 13.3. The molecule has 0 spiro atoms.